The summed E-state index contributed by atoms with van der Waals surface area (Å²) in [5, 5.41) is 5.39. The molecule has 0 atom stereocenters. The predicted molar refractivity (Wildman–Crippen MR) is 198 cm³/mol. The first-order chi connectivity index (χ1) is 23.3. The van der Waals surface area contributed by atoms with Crippen molar-refractivity contribution >= 4 is 27.6 Å². The van der Waals surface area contributed by atoms with Gasteiger partial charge in [0.2, 0.25) is 0 Å². The summed E-state index contributed by atoms with van der Waals surface area (Å²) in [6, 6.07) is 50.7. The molecule has 0 amide bonds. The molecule has 2 aromatic heterocycles. The average Bonchev–Trinajstić information content (AvgIpc) is 3.71. The highest BCUT2D eigenvalue weighted by Gasteiger charge is 2.16. The number of rotatable bonds is 5. The van der Waals surface area contributed by atoms with Crippen molar-refractivity contribution in [2.75, 3.05) is 0 Å². The Labute approximate surface area is 274 Å². The lowest BCUT2D eigenvalue weighted by Crippen LogP contribution is -1.98. The maximum atomic E-state index is 4.65. The van der Waals surface area contributed by atoms with Gasteiger partial charge in [-0.05, 0) is 145 Å². The summed E-state index contributed by atoms with van der Waals surface area (Å²) in [5.74, 6) is 0. The minimum atomic E-state index is 0.964. The van der Waals surface area contributed by atoms with Crippen molar-refractivity contribution in [2.45, 2.75) is 12.8 Å². The van der Waals surface area contributed by atoms with Gasteiger partial charge in [0.05, 0.1) is 5.69 Å². The van der Waals surface area contributed by atoms with Gasteiger partial charge in [0.25, 0.3) is 0 Å². The van der Waals surface area contributed by atoms with E-state index in [9.17, 15) is 0 Å². The van der Waals surface area contributed by atoms with Gasteiger partial charge >= 0.3 is 0 Å². The fraction of sp³-hybridized carbons (Fsp3) is 0.0444. The van der Waals surface area contributed by atoms with Crippen molar-refractivity contribution in [2.24, 2.45) is 0 Å². The molecule has 9 rings (SSSR count). The summed E-state index contributed by atoms with van der Waals surface area (Å²) in [6.07, 6.45) is 10.7. The molecular formula is C45H32N2. The minimum absolute atomic E-state index is 0.964. The Morgan fingerprint density at radius 1 is 0.468 bits per heavy atom. The molecule has 1 aliphatic rings. The Bertz CT molecular complexity index is 2450. The van der Waals surface area contributed by atoms with Crippen LogP contribution in [-0.2, 0) is 6.42 Å². The molecule has 0 fully saturated rings. The van der Waals surface area contributed by atoms with Gasteiger partial charge in [-0.3, -0.25) is 4.98 Å². The predicted octanol–water partition coefficient (Wildman–Crippen LogP) is 12.0. The Morgan fingerprint density at radius 3 is 1.89 bits per heavy atom. The van der Waals surface area contributed by atoms with Crippen LogP contribution < -0.4 is 0 Å². The van der Waals surface area contributed by atoms with Gasteiger partial charge in [-0.2, -0.15) is 0 Å². The summed E-state index contributed by atoms with van der Waals surface area (Å²) in [4.78, 5) is 8.04. The van der Waals surface area contributed by atoms with Crippen LogP contribution in [0.25, 0.3) is 83.5 Å². The van der Waals surface area contributed by atoms with E-state index in [1.54, 1.807) is 0 Å². The van der Waals surface area contributed by atoms with E-state index >= 15 is 0 Å². The molecule has 1 aliphatic carbocycles. The van der Waals surface area contributed by atoms with Gasteiger partial charge < -0.3 is 4.98 Å². The third kappa shape index (κ3) is 4.95. The highest BCUT2D eigenvalue weighted by Crippen LogP contribution is 2.39. The number of hydrogen-bond donors (Lipinski definition) is 1. The zero-order chi connectivity index (χ0) is 31.2. The Morgan fingerprint density at radius 2 is 1.15 bits per heavy atom. The lowest BCUT2D eigenvalue weighted by molar-refractivity contribution is 1.00. The standard InChI is InChI=1S/C45H32N2/c1-2-16-40-38(14-1)39-15-3-4-17-41(39)43-29-34(20-21-42(40)43)32-12-7-10-30(24-32)31-11-8-13-33(25-31)35-26-36(44-18-5-6-22-46-44)28-37(27-35)45-19-9-23-47-45/h1,3-15,17-29,47H,2,16H2. The molecule has 0 unspecified atom stereocenters. The lowest BCUT2D eigenvalue weighted by atomic mass is 9.85. The van der Waals surface area contributed by atoms with Gasteiger partial charge in [-0.1, -0.05) is 91.0 Å². The van der Waals surface area contributed by atoms with Crippen molar-refractivity contribution in [3.63, 3.8) is 0 Å². The fourth-order valence-electron chi connectivity index (χ4n) is 7.26. The van der Waals surface area contributed by atoms with Crippen LogP contribution in [0, 0.1) is 0 Å². The normalized spacial score (nSPS) is 12.4. The van der Waals surface area contributed by atoms with E-state index in [1.165, 1.54) is 60.5 Å². The Hall–Kier alpha value is -5.99. The number of H-pyrrole nitrogens is 1. The van der Waals surface area contributed by atoms with Crippen LogP contribution in [0.3, 0.4) is 0 Å². The second-order valence-corrected chi connectivity index (χ2v) is 12.4. The summed E-state index contributed by atoms with van der Waals surface area (Å²) in [6.45, 7) is 0. The molecule has 6 aromatic carbocycles. The van der Waals surface area contributed by atoms with Crippen LogP contribution in [0.5, 0.6) is 0 Å². The average molecular weight is 601 g/mol. The number of nitrogens with zero attached hydrogens (tertiary/aromatic N) is 1. The van der Waals surface area contributed by atoms with Crippen molar-refractivity contribution in [3.8, 4) is 55.9 Å². The van der Waals surface area contributed by atoms with Crippen LogP contribution >= 0.6 is 0 Å². The van der Waals surface area contributed by atoms with Gasteiger partial charge in [-0.25, -0.2) is 0 Å². The molecule has 47 heavy (non-hydrogen) atoms. The van der Waals surface area contributed by atoms with Crippen molar-refractivity contribution in [1.82, 2.24) is 9.97 Å². The molecule has 0 spiro atoms. The zero-order valence-corrected chi connectivity index (χ0v) is 25.9. The van der Waals surface area contributed by atoms with Crippen molar-refractivity contribution in [3.05, 3.63) is 169 Å². The molecule has 2 heteroatoms. The number of benzene rings is 6. The van der Waals surface area contributed by atoms with E-state index in [0.29, 0.717) is 0 Å². The molecular weight excluding hydrogens is 569 g/mol. The monoisotopic (exact) mass is 600 g/mol. The number of hydrogen-bond acceptors (Lipinski definition) is 1. The van der Waals surface area contributed by atoms with Crippen molar-refractivity contribution < 1.29 is 0 Å². The second kappa shape index (κ2) is 11.4. The first-order valence-corrected chi connectivity index (χ1v) is 16.3. The molecule has 0 saturated heterocycles. The van der Waals surface area contributed by atoms with E-state index in [0.717, 1.165) is 40.9 Å². The summed E-state index contributed by atoms with van der Waals surface area (Å²) >= 11 is 0. The number of aromatic amines is 1. The van der Waals surface area contributed by atoms with Crippen LogP contribution in [0.2, 0.25) is 0 Å². The first-order valence-electron chi connectivity index (χ1n) is 16.3. The smallest absolute Gasteiger partial charge is 0.0702 e. The number of allylic oxidation sites excluding steroid dienone is 1. The van der Waals surface area contributed by atoms with Crippen LogP contribution in [-0.4, -0.2) is 9.97 Å². The van der Waals surface area contributed by atoms with E-state index in [-0.39, 0.29) is 0 Å². The number of pyridine rings is 1. The van der Waals surface area contributed by atoms with Crippen LogP contribution in [0.4, 0.5) is 0 Å². The van der Waals surface area contributed by atoms with E-state index < -0.39 is 0 Å². The largest absolute Gasteiger partial charge is 0.361 e. The number of fused-ring (bicyclic) bond motifs is 6. The van der Waals surface area contributed by atoms with Gasteiger partial charge in [-0.15, -0.1) is 0 Å². The molecule has 1 N–H and O–H groups in total. The molecule has 0 bridgehead atoms. The topological polar surface area (TPSA) is 28.7 Å². The summed E-state index contributed by atoms with van der Waals surface area (Å²) in [5.41, 5.74) is 14.4. The highest BCUT2D eigenvalue weighted by molar-refractivity contribution is 6.14. The third-order valence-electron chi connectivity index (χ3n) is 9.55. The third-order valence-corrected chi connectivity index (χ3v) is 9.55. The molecule has 2 nitrogen and oxygen atoms in total. The van der Waals surface area contributed by atoms with Crippen LogP contribution in [0.15, 0.2) is 158 Å². The van der Waals surface area contributed by atoms with Gasteiger partial charge in [0, 0.05) is 23.7 Å². The minimum Gasteiger partial charge on any atom is -0.361 e. The van der Waals surface area contributed by atoms with Crippen molar-refractivity contribution in [1.29, 1.82) is 0 Å². The fourth-order valence-corrected chi connectivity index (χ4v) is 7.26. The van der Waals surface area contributed by atoms with Gasteiger partial charge in [0.15, 0.2) is 0 Å². The Kier molecular flexibility index (Phi) is 6.64. The first kappa shape index (κ1) is 27.3. The molecule has 2 heterocycles. The Balaban J connectivity index is 1.13. The molecule has 222 valence electrons. The number of nitrogens with one attached hydrogen (secondary N) is 1. The maximum absolute atomic E-state index is 4.65. The molecule has 0 radical (unpaired) electrons. The SMILES string of the molecule is C1=Cc2c(c3ccc(-c4cccc(-c5cccc(-c6cc(-c7ccccn7)cc(-c7ccc[nH]7)c6)c5)c4)cc3c3ccccc23)CC1. The summed E-state index contributed by atoms with van der Waals surface area (Å²) < 4.78 is 0. The molecule has 0 saturated carbocycles. The zero-order valence-electron chi connectivity index (χ0n) is 25.9. The van der Waals surface area contributed by atoms with Crippen LogP contribution in [0.1, 0.15) is 17.5 Å². The maximum Gasteiger partial charge on any atom is 0.0702 e. The summed E-state index contributed by atoms with van der Waals surface area (Å²) in [7, 11) is 0. The number of aryl methyl sites for hydroxylation is 1. The molecule has 8 aromatic rings. The molecule has 0 aliphatic heterocycles. The quantitative estimate of drug-likeness (QED) is 0.196. The lowest BCUT2D eigenvalue weighted by Gasteiger charge is -2.18. The van der Waals surface area contributed by atoms with E-state index in [2.05, 4.69) is 143 Å². The van der Waals surface area contributed by atoms with E-state index in [4.69, 9.17) is 0 Å². The second-order valence-electron chi connectivity index (χ2n) is 12.4. The van der Waals surface area contributed by atoms with Gasteiger partial charge in [0.1, 0.15) is 0 Å². The highest BCUT2D eigenvalue weighted by atomic mass is 14.7. The van der Waals surface area contributed by atoms with E-state index in [1.807, 2.05) is 30.6 Å². The number of aromatic nitrogens is 2.